The van der Waals surface area contributed by atoms with Crippen LogP contribution in [0.15, 0.2) is 63.3 Å². The number of benzene rings is 2. The third kappa shape index (κ3) is 4.53. The van der Waals surface area contributed by atoms with Gasteiger partial charge in [-0.15, -0.1) is 0 Å². The molecule has 35 heavy (non-hydrogen) atoms. The van der Waals surface area contributed by atoms with E-state index in [-0.39, 0.29) is 54.2 Å². The van der Waals surface area contributed by atoms with Crippen molar-refractivity contribution >= 4 is 11.2 Å². The predicted molar refractivity (Wildman–Crippen MR) is 125 cm³/mol. The van der Waals surface area contributed by atoms with E-state index in [1.54, 1.807) is 0 Å². The van der Waals surface area contributed by atoms with E-state index in [2.05, 4.69) is 10.2 Å². The Bertz CT molecular complexity index is 1520. The van der Waals surface area contributed by atoms with Gasteiger partial charge in [0.2, 0.25) is 0 Å². The Kier molecular flexibility index (Phi) is 6.42. The molecule has 0 atom stereocenters. The first-order chi connectivity index (χ1) is 16.6. The largest absolute Gasteiger partial charge is 0.416 e. The molecule has 4 aromatic rings. The molecule has 0 aliphatic heterocycles. The zero-order valence-electron chi connectivity index (χ0n) is 19.0. The second kappa shape index (κ2) is 9.32. The van der Waals surface area contributed by atoms with Crippen LogP contribution in [-0.2, 0) is 26.3 Å². The van der Waals surface area contributed by atoms with Gasteiger partial charge < -0.3 is 4.57 Å². The maximum absolute atomic E-state index is 13.6. The van der Waals surface area contributed by atoms with Gasteiger partial charge in [0.15, 0.2) is 11.2 Å². The summed E-state index contributed by atoms with van der Waals surface area (Å²) >= 11 is 0. The summed E-state index contributed by atoms with van der Waals surface area (Å²) in [4.78, 5) is 41.2. The van der Waals surface area contributed by atoms with Crippen molar-refractivity contribution < 1.29 is 13.2 Å². The summed E-state index contributed by atoms with van der Waals surface area (Å²) in [7, 11) is 1.44. The highest BCUT2D eigenvalue weighted by Crippen LogP contribution is 2.35. The van der Waals surface area contributed by atoms with Crippen molar-refractivity contribution in [1.82, 2.24) is 18.7 Å². The third-order valence-electron chi connectivity index (χ3n) is 5.85. The van der Waals surface area contributed by atoms with Gasteiger partial charge in [-0.25, -0.2) is 9.78 Å². The Morgan fingerprint density at radius 3 is 2.40 bits per heavy atom. The van der Waals surface area contributed by atoms with Crippen molar-refractivity contribution in [2.75, 3.05) is 6.54 Å². The molecule has 2 aromatic carbocycles. The van der Waals surface area contributed by atoms with Crippen molar-refractivity contribution in [1.29, 1.82) is 0 Å². The van der Waals surface area contributed by atoms with Gasteiger partial charge >= 0.3 is 11.9 Å². The lowest BCUT2D eigenvalue weighted by atomic mass is 10.0. The van der Waals surface area contributed by atoms with Crippen LogP contribution in [-0.4, -0.2) is 25.2 Å². The summed E-state index contributed by atoms with van der Waals surface area (Å²) in [6.45, 7) is 1.43. The SMILES string of the molecule is Cc1ccc(-c2nc3c(c(=O)n(CCCN=O)c(=O)n3C)n2Cc2ccccc2)cc1C(F)(F)F. The molecule has 0 bridgehead atoms. The van der Waals surface area contributed by atoms with Crippen LogP contribution in [0.1, 0.15) is 23.1 Å². The average molecular weight is 485 g/mol. The molecule has 0 aliphatic carbocycles. The van der Waals surface area contributed by atoms with Crippen LogP contribution in [0.3, 0.4) is 0 Å². The second-order valence-corrected chi connectivity index (χ2v) is 8.21. The minimum absolute atomic E-state index is 0.0260. The van der Waals surface area contributed by atoms with Crippen LogP contribution < -0.4 is 11.2 Å². The predicted octanol–water partition coefficient (Wildman–Crippen LogP) is 4.10. The number of fused-ring (bicyclic) bond motifs is 1. The van der Waals surface area contributed by atoms with E-state index in [0.29, 0.717) is 0 Å². The quantitative estimate of drug-likeness (QED) is 0.291. The number of aromatic nitrogens is 4. The number of halogens is 3. The molecule has 4 rings (SSSR count). The van der Waals surface area contributed by atoms with Crippen LogP contribution in [0, 0.1) is 11.8 Å². The Labute approximate surface area is 197 Å². The minimum atomic E-state index is -4.57. The number of hydrogen-bond acceptors (Lipinski definition) is 5. The molecule has 11 heteroatoms. The number of nitrogens with zero attached hydrogens (tertiary/aromatic N) is 5. The Balaban J connectivity index is 2.03. The van der Waals surface area contributed by atoms with Crippen LogP contribution in [0.2, 0.25) is 0 Å². The van der Waals surface area contributed by atoms with Crippen LogP contribution in [0.25, 0.3) is 22.6 Å². The summed E-state index contributed by atoms with van der Waals surface area (Å²) in [6, 6.07) is 13.0. The van der Waals surface area contributed by atoms with Crippen LogP contribution in [0.4, 0.5) is 13.2 Å². The fourth-order valence-corrected chi connectivity index (χ4v) is 4.07. The molecule has 182 valence electrons. The number of hydrogen-bond donors (Lipinski definition) is 0. The van der Waals surface area contributed by atoms with Gasteiger partial charge in [-0.2, -0.15) is 18.1 Å². The summed E-state index contributed by atoms with van der Waals surface area (Å²) < 4.78 is 44.6. The number of rotatable bonds is 7. The molecule has 0 amide bonds. The molecule has 0 N–H and O–H groups in total. The average Bonchev–Trinajstić information content (AvgIpc) is 3.19. The highest BCUT2D eigenvalue weighted by Gasteiger charge is 2.33. The Morgan fingerprint density at radius 1 is 1.03 bits per heavy atom. The Morgan fingerprint density at radius 2 is 1.74 bits per heavy atom. The number of alkyl halides is 3. The smallest absolute Gasteiger partial charge is 0.314 e. The van der Waals surface area contributed by atoms with Crippen molar-refractivity contribution in [3.05, 3.63) is 91.0 Å². The molecule has 0 saturated heterocycles. The van der Waals surface area contributed by atoms with Gasteiger partial charge in [0, 0.05) is 25.7 Å². The number of nitroso groups, excluding NO2 is 1. The second-order valence-electron chi connectivity index (χ2n) is 8.21. The van der Waals surface area contributed by atoms with Gasteiger partial charge in [-0.3, -0.25) is 13.9 Å². The van der Waals surface area contributed by atoms with Gasteiger partial charge in [0.1, 0.15) is 5.82 Å². The first kappa shape index (κ1) is 24.1. The van der Waals surface area contributed by atoms with E-state index in [4.69, 9.17) is 0 Å². The van der Waals surface area contributed by atoms with E-state index in [0.717, 1.165) is 16.2 Å². The standard InChI is InChI=1S/C24H22F3N5O3/c1-15-9-10-17(13-18(15)24(25,26)27)20-29-21-19(32(20)14-16-7-4-3-5-8-16)22(33)31(12-6-11-28-35)23(34)30(21)2/h3-5,7-10,13H,6,11-12,14H2,1-2H3. The first-order valence-corrected chi connectivity index (χ1v) is 10.8. The molecule has 0 aliphatic rings. The van der Waals surface area contributed by atoms with Gasteiger partial charge in [-0.05, 0) is 30.5 Å². The molecule has 2 heterocycles. The van der Waals surface area contributed by atoms with E-state index >= 15 is 0 Å². The molecular formula is C24H22F3N5O3. The fraction of sp³-hybridized carbons (Fsp3) is 0.292. The summed E-state index contributed by atoms with van der Waals surface area (Å²) in [5.74, 6) is 0.133. The van der Waals surface area contributed by atoms with Crippen molar-refractivity contribution in [2.24, 2.45) is 12.2 Å². The Hall–Kier alpha value is -4.02. The van der Waals surface area contributed by atoms with Crippen molar-refractivity contribution in [2.45, 2.75) is 32.6 Å². The molecule has 8 nitrogen and oxygen atoms in total. The van der Waals surface area contributed by atoms with Crippen LogP contribution >= 0.6 is 0 Å². The zero-order chi connectivity index (χ0) is 25.3. The molecule has 0 fully saturated rings. The normalized spacial score (nSPS) is 11.8. The maximum Gasteiger partial charge on any atom is 0.416 e. The monoisotopic (exact) mass is 485 g/mol. The molecule has 2 aromatic heterocycles. The first-order valence-electron chi connectivity index (χ1n) is 10.8. The van der Waals surface area contributed by atoms with Gasteiger partial charge in [0.25, 0.3) is 5.56 Å². The van der Waals surface area contributed by atoms with Gasteiger partial charge in [-0.1, -0.05) is 47.6 Å². The lowest BCUT2D eigenvalue weighted by molar-refractivity contribution is -0.138. The van der Waals surface area contributed by atoms with Crippen molar-refractivity contribution in [3.63, 3.8) is 0 Å². The number of aryl methyl sites for hydroxylation is 2. The maximum atomic E-state index is 13.6. The highest BCUT2D eigenvalue weighted by molar-refractivity contribution is 5.77. The summed E-state index contributed by atoms with van der Waals surface area (Å²) in [5, 5.41) is 2.76. The molecule has 0 spiro atoms. The molecular weight excluding hydrogens is 463 g/mol. The van der Waals surface area contributed by atoms with Crippen LogP contribution in [0.5, 0.6) is 0 Å². The van der Waals surface area contributed by atoms with E-state index in [1.165, 1.54) is 35.2 Å². The van der Waals surface area contributed by atoms with Crippen molar-refractivity contribution in [3.8, 4) is 11.4 Å². The van der Waals surface area contributed by atoms with E-state index in [9.17, 15) is 27.7 Å². The molecule has 0 saturated carbocycles. The summed E-state index contributed by atoms with van der Waals surface area (Å²) in [6.07, 6.45) is -4.38. The fourth-order valence-electron chi connectivity index (χ4n) is 4.07. The third-order valence-corrected chi connectivity index (χ3v) is 5.85. The van der Waals surface area contributed by atoms with Gasteiger partial charge in [0.05, 0.1) is 12.1 Å². The topological polar surface area (TPSA) is 91.2 Å². The summed E-state index contributed by atoms with van der Waals surface area (Å²) in [5.41, 5.74) is -0.911. The number of imidazole rings is 1. The lowest BCUT2D eigenvalue weighted by Crippen LogP contribution is -2.39. The minimum Gasteiger partial charge on any atom is -0.314 e. The molecule has 0 unspecified atom stereocenters. The lowest BCUT2D eigenvalue weighted by Gasteiger charge is -2.14. The van der Waals surface area contributed by atoms with E-state index in [1.807, 2.05) is 30.3 Å². The molecule has 0 radical (unpaired) electrons. The highest BCUT2D eigenvalue weighted by atomic mass is 19.4. The zero-order valence-corrected chi connectivity index (χ0v) is 19.0. The van der Waals surface area contributed by atoms with E-state index < -0.39 is 23.0 Å².